The van der Waals surface area contributed by atoms with Crippen LogP contribution < -0.4 is 10.6 Å². The van der Waals surface area contributed by atoms with Crippen LogP contribution >= 0.6 is 23.2 Å². The number of hydrogen-bond donors (Lipinski definition) is 2. The predicted molar refractivity (Wildman–Crippen MR) is 141 cm³/mol. The van der Waals surface area contributed by atoms with E-state index in [2.05, 4.69) is 15.8 Å². The van der Waals surface area contributed by atoms with Gasteiger partial charge in [0.1, 0.15) is 0 Å². The van der Waals surface area contributed by atoms with E-state index < -0.39 is 29.6 Å². The summed E-state index contributed by atoms with van der Waals surface area (Å²) in [5.74, 6) is -0.853. The molecular weight excluding hydrogens is 542 g/mol. The number of rotatable bonds is 5. The van der Waals surface area contributed by atoms with Gasteiger partial charge in [0.2, 0.25) is 5.91 Å². The summed E-state index contributed by atoms with van der Waals surface area (Å²) in [6.45, 7) is 5.23. The molecule has 1 aliphatic heterocycles. The van der Waals surface area contributed by atoms with Crippen LogP contribution in [0.4, 0.5) is 13.2 Å². The molecule has 38 heavy (non-hydrogen) atoms. The fraction of sp³-hybridized carbons (Fsp3) is 0.296. The molecule has 1 unspecified atom stereocenters. The van der Waals surface area contributed by atoms with Crippen molar-refractivity contribution in [2.24, 2.45) is 5.16 Å². The van der Waals surface area contributed by atoms with Crippen molar-refractivity contribution in [3.63, 3.8) is 0 Å². The van der Waals surface area contributed by atoms with E-state index >= 15 is 0 Å². The Morgan fingerprint density at radius 2 is 1.63 bits per heavy atom. The van der Waals surface area contributed by atoms with Crippen LogP contribution in [-0.2, 0) is 15.2 Å². The largest absolute Gasteiger partial charge is 0.435 e. The molecule has 1 aliphatic rings. The highest BCUT2D eigenvalue weighted by molar-refractivity contribution is 6.34. The van der Waals surface area contributed by atoms with Crippen molar-refractivity contribution in [3.8, 4) is 0 Å². The zero-order valence-corrected chi connectivity index (χ0v) is 22.2. The molecule has 2 amide bonds. The standard InChI is InChI=1S/C27H24Cl2F3N3O3/c1-25(2,3)34-23(36)14-33-24(37)21-9-8-20(18-6-4-5-7-19(18)21)22-13-26(38-35-22,27(30,31)32)15-10-16(28)12-17(29)11-15/h4-12H,13-14H2,1-3H3,(H,33,37)(H,34,36). The van der Waals surface area contributed by atoms with Gasteiger partial charge in [0.25, 0.3) is 11.5 Å². The molecule has 0 saturated carbocycles. The molecule has 3 aromatic rings. The van der Waals surface area contributed by atoms with E-state index in [9.17, 15) is 22.8 Å². The molecule has 1 heterocycles. The molecule has 0 saturated heterocycles. The van der Waals surface area contributed by atoms with Gasteiger partial charge in [-0.2, -0.15) is 13.2 Å². The van der Waals surface area contributed by atoms with Crippen molar-refractivity contribution >= 4 is 51.5 Å². The predicted octanol–water partition coefficient (Wildman–Crippen LogP) is 6.37. The van der Waals surface area contributed by atoms with E-state index in [4.69, 9.17) is 28.0 Å². The maximum absolute atomic E-state index is 14.4. The summed E-state index contributed by atoms with van der Waals surface area (Å²) < 4.78 is 43.3. The van der Waals surface area contributed by atoms with E-state index in [-0.39, 0.29) is 39.3 Å². The maximum Gasteiger partial charge on any atom is 0.435 e. The molecule has 0 radical (unpaired) electrons. The summed E-state index contributed by atoms with van der Waals surface area (Å²) in [5.41, 5.74) is -2.82. The molecule has 4 rings (SSSR count). The molecule has 0 aromatic heterocycles. The summed E-state index contributed by atoms with van der Waals surface area (Å²) in [5, 5.41) is 10.2. The van der Waals surface area contributed by atoms with Gasteiger partial charge in [-0.1, -0.05) is 58.7 Å². The lowest BCUT2D eigenvalue weighted by atomic mass is 9.85. The second-order valence-corrected chi connectivity index (χ2v) is 10.8. The number of amides is 2. The number of hydrogen-bond acceptors (Lipinski definition) is 4. The Balaban J connectivity index is 1.66. The SMILES string of the molecule is CC(C)(C)NC(=O)CNC(=O)c1ccc(C2=NOC(c3cc(Cl)cc(Cl)c3)(C(F)(F)F)C2)c2ccccc12. The van der Waals surface area contributed by atoms with E-state index in [1.54, 1.807) is 24.3 Å². The fourth-order valence-electron chi connectivity index (χ4n) is 4.30. The molecule has 0 spiro atoms. The molecule has 0 bridgehead atoms. The summed E-state index contributed by atoms with van der Waals surface area (Å²) in [4.78, 5) is 30.2. The third kappa shape index (κ3) is 5.59. The number of carbonyl (C=O) groups is 2. The minimum atomic E-state index is -4.84. The Labute approximate surface area is 227 Å². The van der Waals surface area contributed by atoms with Gasteiger partial charge in [-0.25, -0.2) is 0 Å². The van der Waals surface area contributed by atoms with Crippen LogP contribution in [0.2, 0.25) is 10.0 Å². The summed E-state index contributed by atoms with van der Waals surface area (Å²) in [6, 6.07) is 13.4. The van der Waals surface area contributed by atoms with E-state index in [0.717, 1.165) is 12.1 Å². The van der Waals surface area contributed by atoms with Crippen molar-refractivity contribution in [1.82, 2.24) is 10.6 Å². The number of oxime groups is 1. The zero-order valence-electron chi connectivity index (χ0n) is 20.7. The Hall–Kier alpha value is -3.30. The van der Waals surface area contributed by atoms with Crippen LogP contribution in [0.25, 0.3) is 10.8 Å². The Kier molecular flexibility index (Phi) is 7.38. The van der Waals surface area contributed by atoms with Crippen LogP contribution in [0.15, 0.2) is 59.8 Å². The van der Waals surface area contributed by atoms with Crippen LogP contribution in [0.5, 0.6) is 0 Å². The first-order valence-electron chi connectivity index (χ1n) is 11.6. The third-order valence-electron chi connectivity index (χ3n) is 5.92. The Morgan fingerprint density at radius 1 is 1.00 bits per heavy atom. The van der Waals surface area contributed by atoms with Crippen LogP contribution in [0.3, 0.4) is 0 Å². The van der Waals surface area contributed by atoms with E-state index in [1.165, 1.54) is 18.2 Å². The average molecular weight is 566 g/mol. The van der Waals surface area contributed by atoms with Gasteiger partial charge in [0, 0.05) is 38.7 Å². The van der Waals surface area contributed by atoms with E-state index in [1.807, 2.05) is 20.8 Å². The quantitative estimate of drug-likeness (QED) is 0.377. The normalized spacial score (nSPS) is 17.6. The molecule has 1 atom stereocenters. The highest BCUT2D eigenvalue weighted by Gasteiger charge is 2.62. The fourth-order valence-corrected chi connectivity index (χ4v) is 4.83. The zero-order chi connectivity index (χ0) is 27.9. The molecule has 3 aromatic carbocycles. The molecule has 2 N–H and O–H groups in total. The van der Waals surface area contributed by atoms with Crippen molar-refractivity contribution in [2.75, 3.05) is 6.54 Å². The van der Waals surface area contributed by atoms with Gasteiger partial charge in [-0.05, 0) is 55.8 Å². The Morgan fingerprint density at radius 3 is 2.24 bits per heavy atom. The van der Waals surface area contributed by atoms with E-state index in [0.29, 0.717) is 16.3 Å². The highest BCUT2D eigenvalue weighted by Crippen LogP contribution is 2.50. The smallest absolute Gasteiger partial charge is 0.374 e. The second kappa shape index (κ2) is 10.1. The monoisotopic (exact) mass is 565 g/mol. The second-order valence-electron chi connectivity index (χ2n) is 9.98. The van der Waals surface area contributed by atoms with Crippen LogP contribution in [-0.4, -0.2) is 35.8 Å². The molecule has 11 heteroatoms. The first-order valence-corrected chi connectivity index (χ1v) is 12.4. The van der Waals surface area contributed by atoms with Gasteiger partial charge < -0.3 is 15.5 Å². The highest BCUT2D eigenvalue weighted by atomic mass is 35.5. The van der Waals surface area contributed by atoms with Crippen molar-refractivity contribution in [1.29, 1.82) is 0 Å². The summed E-state index contributed by atoms with van der Waals surface area (Å²) in [6.07, 6.45) is -5.47. The topological polar surface area (TPSA) is 79.8 Å². The minimum Gasteiger partial charge on any atom is -0.374 e. The van der Waals surface area contributed by atoms with Crippen molar-refractivity contribution in [3.05, 3.63) is 81.3 Å². The average Bonchev–Trinajstić information content (AvgIpc) is 3.27. The first-order chi connectivity index (χ1) is 17.7. The number of halogens is 5. The first kappa shape index (κ1) is 27.7. The van der Waals surface area contributed by atoms with Crippen LogP contribution in [0, 0.1) is 0 Å². The molecular formula is C27H24Cl2F3N3O3. The minimum absolute atomic E-state index is 0.0326. The lowest BCUT2D eigenvalue weighted by Crippen LogP contribution is -2.45. The van der Waals surface area contributed by atoms with Gasteiger partial charge in [-0.15, -0.1) is 0 Å². The van der Waals surface area contributed by atoms with Gasteiger partial charge in [0.05, 0.1) is 12.3 Å². The maximum atomic E-state index is 14.4. The number of nitrogens with one attached hydrogen (secondary N) is 2. The van der Waals surface area contributed by atoms with Gasteiger partial charge >= 0.3 is 6.18 Å². The van der Waals surface area contributed by atoms with Gasteiger partial charge in [0.15, 0.2) is 0 Å². The van der Waals surface area contributed by atoms with Crippen molar-refractivity contribution < 1.29 is 27.6 Å². The number of alkyl halides is 3. The molecule has 6 nitrogen and oxygen atoms in total. The molecule has 0 fully saturated rings. The van der Waals surface area contributed by atoms with Crippen LogP contribution in [0.1, 0.15) is 48.7 Å². The lowest BCUT2D eigenvalue weighted by Gasteiger charge is -2.29. The lowest BCUT2D eigenvalue weighted by molar-refractivity contribution is -0.275. The summed E-state index contributed by atoms with van der Waals surface area (Å²) in [7, 11) is 0. The van der Waals surface area contributed by atoms with Gasteiger partial charge in [-0.3, -0.25) is 9.59 Å². The Bertz CT molecular complexity index is 1430. The number of fused-ring (bicyclic) bond motifs is 1. The van der Waals surface area contributed by atoms with Crippen molar-refractivity contribution in [2.45, 2.75) is 44.5 Å². The number of nitrogens with zero attached hydrogens (tertiary/aromatic N) is 1. The molecule has 200 valence electrons. The summed E-state index contributed by atoms with van der Waals surface area (Å²) >= 11 is 12.0. The third-order valence-corrected chi connectivity index (χ3v) is 6.35. The number of carbonyl (C=O) groups excluding carboxylic acids is 2. The molecule has 0 aliphatic carbocycles. The number of benzene rings is 3.